The molecular formula is C23H26N6O3. The van der Waals surface area contributed by atoms with Crippen LogP contribution in [-0.4, -0.2) is 65.1 Å². The van der Waals surface area contributed by atoms with Crippen LogP contribution < -0.4 is 20.5 Å². The summed E-state index contributed by atoms with van der Waals surface area (Å²) >= 11 is 0. The highest BCUT2D eigenvalue weighted by atomic mass is 16.5. The maximum absolute atomic E-state index is 12.0. The molecule has 9 heteroatoms. The summed E-state index contributed by atoms with van der Waals surface area (Å²) in [6, 6.07) is 7.99. The van der Waals surface area contributed by atoms with Gasteiger partial charge in [0, 0.05) is 50.9 Å². The predicted octanol–water partition coefficient (Wildman–Crippen LogP) is 1.46. The minimum absolute atomic E-state index is 0.160. The second-order valence-electron chi connectivity index (χ2n) is 8.32. The van der Waals surface area contributed by atoms with Crippen molar-refractivity contribution in [3.8, 4) is 5.75 Å². The number of hydrogen-bond donors (Lipinski definition) is 2. The number of piperazine rings is 1. The molecule has 1 atom stereocenters. The van der Waals surface area contributed by atoms with E-state index in [9.17, 15) is 9.59 Å². The van der Waals surface area contributed by atoms with Crippen molar-refractivity contribution in [2.75, 3.05) is 38.2 Å². The number of carbonyl (C=O) groups is 1. The highest BCUT2D eigenvalue weighted by Crippen LogP contribution is 2.30. The number of amides is 1. The number of carbonyl (C=O) groups excluding carboxylic acids is 1. The summed E-state index contributed by atoms with van der Waals surface area (Å²) < 4.78 is 6.12. The molecule has 0 saturated carbocycles. The van der Waals surface area contributed by atoms with Gasteiger partial charge in [0.25, 0.3) is 11.5 Å². The van der Waals surface area contributed by atoms with Gasteiger partial charge >= 0.3 is 0 Å². The second-order valence-corrected chi connectivity index (χ2v) is 8.32. The van der Waals surface area contributed by atoms with Crippen molar-refractivity contribution in [2.45, 2.75) is 25.9 Å². The Labute approximate surface area is 185 Å². The van der Waals surface area contributed by atoms with E-state index in [1.165, 1.54) is 0 Å². The summed E-state index contributed by atoms with van der Waals surface area (Å²) in [7, 11) is 1.60. The van der Waals surface area contributed by atoms with Gasteiger partial charge in [-0.05, 0) is 31.5 Å². The van der Waals surface area contributed by atoms with Gasteiger partial charge in [-0.25, -0.2) is 9.97 Å². The lowest BCUT2D eigenvalue weighted by molar-refractivity contribution is 0.0958. The van der Waals surface area contributed by atoms with E-state index in [4.69, 9.17) is 4.74 Å². The standard InChI is InChI=1S/C23H26N6O3/c1-14-22(30)27-19-9-15-12-28-6-7-29(16-3-4-18(25-11-16)23(31)24-2)13-17(28)5-8-32-21(15)10-20(19)26-14/h3-4,9-11,17H,5-8,12-13H2,1-2H3,(H,24,31)(H,27,30)/t17-/m1/s1. The van der Waals surface area contributed by atoms with E-state index in [0.717, 1.165) is 60.6 Å². The van der Waals surface area contributed by atoms with E-state index in [1.807, 2.05) is 18.2 Å². The Hall–Kier alpha value is -3.46. The lowest BCUT2D eigenvalue weighted by Gasteiger charge is -2.43. The van der Waals surface area contributed by atoms with E-state index >= 15 is 0 Å². The first-order valence-electron chi connectivity index (χ1n) is 10.9. The van der Waals surface area contributed by atoms with Crippen LogP contribution in [0, 0.1) is 6.92 Å². The first-order valence-corrected chi connectivity index (χ1v) is 10.9. The van der Waals surface area contributed by atoms with Crippen LogP contribution in [-0.2, 0) is 6.54 Å². The second kappa shape index (κ2) is 8.23. The molecule has 0 spiro atoms. The fraction of sp³-hybridized carbons (Fsp3) is 0.391. The fourth-order valence-electron chi connectivity index (χ4n) is 4.48. The quantitative estimate of drug-likeness (QED) is 0.629. The maximum Gasteiger partial charge on any atom is 0.269 e. The number of fused-ring (bicyclic) bond motifs is 3. The van der Waals surface area contributed by atoms with Gasteiger partial charge in [0.05, 0.1) is 29.5 Å². The summed E-state index contributed by atoms with van der Waals surface area (Å²) in [5.74, 6) is 0.655. The number of anilines is 1. The van der Waals surface area contributed by atoms with Crippen LogP contribution in [0.15, 0.2) is 35.3 Å². The Balaban J connectivity index is 1.36. The number of rotatable bonds is 2. The zero-order valence-electron chi connectivity index (χ0n) is 18.2. The number of ether oxygens (including phenoxy) is 1. The van der Waals surface area contributed by atoms with E-state index in [-0.39, 0.29) is 11.5 Å². The molecule has 0 radical (unpaired) electrons. The molecule has 1 aromatic carbocycles. The molecule has 5 rings (SSSR count). The molecule has 0 unspecified atom stereocenters. The third-order valence-corrected chi connectivity index (χ3v) is 6.30. The number of hydrogen-bond acceptors (Lipinski definition) is 7. The molecule has 1 fully saturated rings. The van der Waals surface area contributed by atoms with Crippen molar-refractivity contribution < 1.29 is 9.53 Å². The lowest BCUT2D eigenvalue weighted by atomic mass is 10.0. The van der Waals surface area contributed by atoms with Gasteiger partial charge in [-0.1, -0.05) is 0 Å². The smallest absolute Gasteiger partial charge is 0.269 e. The maximum atomic E-state index is 12.0. The first-order chi connectivity index (χ1) is 15.5. The lowest BCUT2D eigenvalue weighted by Crippen LogP contribution is -2.53. The number of benzene rings is 1. The van der Waals surface area contributed by atoms with E-state index in [1.54, 1.807) is 26.2 Å². The molecule has 32 heavy (non-hydrogen) atoms. The number of aromatic amines is 1. The molecule has 0 aliphatic carbocycles. The van der Waals surface area contributed by atoms with Crippen LogP contribution in [0.4, 0.5) is 5.69 Å². The highest BCUT2D eigenvalue weighted by Gasteiger charge is 2.30. The molecule has 0 bridgehead atoms. The molecule has 2 N–H and O–H groups in total. The number of pyridine rings is 1. The van der Waals surface area contributed by atoms with Gasteiger partial charge in [-0.2, -0.15) is 0 Å². The third kappa shape index (κ3) is 3.80. The number of aromatic nitrogens is 3. The van der Waals surface area contributed by atoms with E-state index in [2.05, 4.69) is 30.1 Å². The Morgan fingerprint density at radius 3 is 2.94 bits per heavy atom. The normalized spacial score (nSPS) is 18.8. The van der Waals surface area contributed by atoms with Crippen molar-refractivity contribution in [2.24, 2.45) is 0 Å². The number of nitrogens with zero attached hydrogens (tertiary/aromatic N) is 4. The largest absolute Gasteiger partial charge is 0.493 e. The molecule has 3 aromatic rings. The van der Waals surface area contributed by atoms with Crippen LogP contribution in [0.1, 0.15) is 28.2 Å². The molecule has 2 aliphatic rings. The van der Waals surface area contributed by atoms with Crippen molar-refractivity contribution >= 4 is 22.6 Å². The average Bonchev–Trinajstić information content (AvgIpc) is 2.79. The van der Waals surface area contributed by atoms with Gasteiger partial charge in [-0.3, -0.25) is 14.5 Å². The summed E-state index contributed by atoms with van der Waals surface area (Å²) in [4.78, 5) is 40.2. The van der Waals surface area contributed by atoms with Gasteiger partial charge in [-0.15, -0.1) is 0 Å². The molecule has 9 nitrogen and oxygen atoms in total. The Kier molecular flexibility index (Phi) is 5.26. The highest BCUT2D eigenvalue weighted by molar-refractivity contribution is 5.92. The number of H-pyrrole nitrogens is 1. The zero-order chi connectivity index (χ0) is 22.2. The summed E-state index contributed by atoms with van der Waals surface area (Å²) in [6.45, 7) is 5.73. The summed E-state index contributed by atoms with van der Waals surface area (Å²) in [6.07, 6.45) is 2.68. The molecular weight excluding hydrogens is 408 g/mol. The van der Waals surface area contributed by atoms with Gasteiger partial charge in [0.2, 0.25) is 0 Å². The monoisotopic (exact) mass is 434 g/mol. The topological polar surface area (TPSA) is 103 Å². The van der Waals surface area contributed by atoms with Crippen LogP contribution in [0.25, 0.3) is 11.0 Å². The SMILES string of the molecule is CNC(=O)c1ccc(N2CCN3Cc4cc5[nH]c(=O)c(C)nc5cc4OCC[C@@H]3C2)cn1. The molecule has 2 aliphatic heterocycles. The molecule has 2 aromatic heterocycles. The first kappa shape index (κ1) is 20.4. The average molecular weight is 435 g/mol. The van der Waals surface area contributed by atoms with Crippen molar-refractivity contribution in [1.82, 2.24) is 25.2 Å². The van der Waals surface area contributed by atoms with E-state index in [0.29, 0.717) is 24.0 Å². The number of nitrogens with one attached hydrogen (secondary N) is 2. The van der Waals surface area contributed by atoms with E-state index < -0.39 is 0 Å². The van der Waals surface area contributed by atoms with Gasteiger partial charge in [0.15, 0.2) is 0 Å². The Morgan fingerprint density at radius 1 is 1.28 bits per heavy atom. The number of aryl methyl sites for hydroxylation is 1. The Morgan fingerprint density at radius 2 is 2.16 bits per heavy atom. The molecule has 166 valence electrons. The zero-order valence-corrected chi connectivity index (χ0v) is 18.2. The molecule has 1 saturated heterocycles. The van der Waals surface area contributed by atoms with Crippen LogP contribution in [0.5, 0.6) is 5.75 Å². The van der Waals surface area contributed by atoms with Crippen LogP contribution in [0.2, 0.25) is 0 Å². The molecule has 4 heterocycles. The van der Waals surface area contributed by atoms with Gasteiger partial charge in [0.1, 0.15) is 17.1 Å². The minimum Gasteiger partial charge on any atom is -0.493 e. The van der Waals surface area contributed by atoms with Crippen LogP contribution >= 0.6 is 0 Å². The summed E-state index contributed by atoms with van der Waals surface area (Å²) in [5, 5.41) is 2.60. The van der Waals surface area contributed by atoms with Gasteiger partial charge < -0.3 is 19.9 Å². The minimum atomic E-state index is -0.184. The van der Waals surface area contributed by atoms with Crippen LogP contribution in [0.3, 0.4) is 0 Å². The van der Waals surface area contributed by atoms with Crippen molar-refractivity contribution in [3.63, 3.8) is 0 Å². The van der Waals surface area contributed by atoms with Crippen molar-refractivity contribution in [1.29, 1.82) is 0 Å². The predicted molar refractivity (Wildman–Crippen MR) is 121 cm³/mol. The Bertz CT molecular complexity index is 1220. The fourth-order valence-corrected chi connectivity index (χ4v) is 4.48. The molecule has 1 amide bonds. The summed E-state index contributed by atoms with van der Waals surface area (Å²) in [5.41, 5.74) is 4.28. The van der Waals surface area contributed by atoms with Crippen molar-refractivity contribution in [3.05, 3.63) is 57.8 Å². The third-order valence-electron chi connectivity index (χ3n) is 6.30.